The van der Waals surface area contributed by atoms with Crippen molar-refractivity contribution in [2.75, 3.05) is 24.4 Å². The lowest BCUT2D eigenvalue weighted by molar-refractivity contribution is -0.384. The minimum atomic E-state index is -0.418. The van der Waals surface area contributed by atoms with Crippen LogP contribution in [0.3, 0.4) is 0 Å². The first-order chi connectivity index (χ1) is 9.51. The lowest BCUT2D eigenvalue weighted by Gasteiger charge is -2.20. The zero-order valence-corrected chi connectivity index (χ0v) is 11.4. The molecule has 1 atom stereocenters. The molecule has 0 saturated carbocycles. The fraction of sp³-hybridized carbons (Fsp3) is 0.462. The fourth-order valence-corrected chi connectivity index (χ4v) is 2.24. The Morgan fingerprint density at radius 2 is 2.25 bits per heavy atom. The molecule has 0 aliphatic carbocycles. The molecule has 7 heteroatoms. The molecule has 0 aromatic heterocycles. The number of nitro benzene ring substituents is 1. The predicted octanol–water partition coefficient (Wildman–Crippen LogP) is 1.93. The van der Waals surface area contributed by atoms with Crippen molar-refractivity contribution < 1.29 is 14.5 Å². The molecule has 2 rings (SSSR count). The van der Waals surface area contributed by atoms with Crippen LogP contribution < -0.4 is 10.6 Å². The average molecular weight is 279 g/mol. The zero-order valence-electron chi connectivity index (χ0n) is 11.4. The maximum atomic E-state index is 11.4. The molecule has 1 amide bonds. The van der Waals surface area contributed by atoms with E-state index in [0.717, 1.165) is 5.56 Å². The molecule has 1 heterocycles. The fourth-order valence-electron chi connectivity index (χ4n) is 2.24. The van der Waals surface area contributed by atoms with Gasteiger partial charge in [0.2, 0.25) is 5.91 Å². The molecule has 1 aliphatic rings. The van der Waals surface area contributed by atoms with E-state index in [-0.39, 0.29) is 17.6 Å². The van der Waals surface area contributed by atoms with Crippen LogP contribution in [0.1, 0.15) is 18.9 Å². The molecule has 20 heavy (non-hydrogen) atoms. The second-order valence-corrected chi connectivity index (χ2v) is 4.83. The van der Waals surface area contributed by atoms with Crippen LogP contribution in [0, 0.1) is 10.1 Å². The van der Waals surface area contributed by atoms with E-state index in [1.54, 1.807) is 13.2 Å². The number of ether oxygens (including phenoxy) is 1. The van der Waals surface area contributed by atoms with Crippen molar-refractivity contribution in [3.8, 4) is 0 Å². The van der Waals surface area contributed by atoms with E-state index in [2.05, 4.69) is 10.6 Å². The Labute approximate surface area is 116 Å². The monoisotopic (exact) mass is 279 g/mol. The van der Waals surface area contributed by atoms with Gasteiger partial charge in [0.1, 0.15) is 5.69 Å². The number of amides is 1. The van der Waals surface area contributed by atoms with Gasteiger partial charge in [-0.15, -0.1) is 0 Å². The van der Waals surface area contributed by atoms with E-state index in [9.17, 15) is 14.9 Å². The lowest BCUT2D eigenvalue weighted by Crippen LogP contribution is -2.23. The number of carbonyl (C=O) groups excluding carboxylic acids is 1. The Morgan fingerprint density at radius 1 is 1.50 bits per heavy atom. The molecule has 1 aromatic rings. The van der Waals surface area contributed by atoms with Crippen LogP contribution in [-0.4, -0.2) is 30.6 Å². The first kappa shape index (κ1) is 14.3. The Bertz CT molecular complexity index is 545. The molecule has 1 aromatic carbocycles. The third kappa shape index (κ3) is 3.05. The van der Waals surface area contributed by atoms with Crippen molar-refractivity contribution in [2.45, 2.75) is 25.8 Å². The summed E-state index contributed by atoms with van der Waals surface area (Å²) in [4.78, 5) is 22.1. The largest absolute Gasteiger partial charge is 0.383 e. The summed E-state index contributed by atoms with van der Waals surface area (Å²) in [7, 11) is 1.57. The number of rotatable bonds is 5. The predicted molar refractivity (Wildman–Crippen MR) is 75.0 cm³/mol. The van der Waals surface area contributed by atoms with Gasteiger partial charge >= 0.3 is 0 Å². The molecule has 0 spiro atoms. The van der Waals surface area contributed by atoms with Crippen LogP contribution in [0.15, 0.2) is 12.1 Å². The van der Waals surface area contributed by atoms with E-state index < -0.39 is 4.92 Å². The Balaban J connectivity index is 2.35. The van der Waals surface area contributed by atoms with E-state index in [1.807, 2.05) is 6.92 Å². The number of aryl methyl sites for hydroxylation is 1. The number of benzene rings is 1. The van der Waals surface area contributed by atoms with Crippen LogP contribution >= 0.6 is 0 Å². The summed E-state index contributed by atoms with van der Waals surface area (Å²) < 4.78 is 5.00. The van der Waals surface area contributed by atoms with Gasteiger partial charge < -0.3 is 15.4 Å². The number of nitro groups is 1. The van der Waals surface area contributed by atoms with E-state index in [1.165, 1.54) is 6.07 Å². The molecule has 0 bridgehead atoms. The number of nitrogens with one attached hydrogen (secondary N) is 2. The highest BCUT2D eigenvalue weighted by Crippen LogP contribution is 2.34. The minimum absolute atomic E-state index is 0.0165. The molecule has 1 unspecified atom stereocenters. The highest BCUT2D eigenvalue weighted by molar-refractivity contribution is 5.95. The average Bonchev–Trinajstić information content (AvgIpc) is 2.37. The quantitative estimate of drug-likeness (QED) is 0.634. The van der Waals surface area contributed by atoms with Gasteiger partial charge in [-0.1, -0.05) is 0 Å². The molecule has 0 radical (unpaired) electrons. The molecular formula is C13H17N3O4. The number of hydrogen-bond donors (Lipinski definition) is 2. The number of nitrogens with zero attached hydrogens (tertiary/aromatic N) is 1. The van der Waals surface area contributed by atoms with Crippen LogP contribution in [0.4, 0.5) is 17.1 Å². The number of hydrogen-bond acceptors (Lipinski definition) is 5. The maximum absolute atomic E-state index is 11.4. The van der Waals surface area contributed by atoms with Crippen LogP contribution in [0.25, 0.3) is 0 Å². The van der Waals surface area contributed by atoms with Gasteiger partial charge in [-0.2, -0.15) is 0 Å². The third-order valence-electron chi connectivity index (χ3n) is 3.13. The maximum Gasteiger partial charge on any atom is 0.292 e. The van der Waals surface area contributed by atoms with E-state index in [4.69, 9.17) is 4.74 Å². The summed E-state index contributed by atoms with van der Waals surface area (Å²) in [5.41, 5.74) is 1.84. The minimum Gasteiger partial charge on any atom is -0.383 e. The summed E-state index contributed by atoms with van der Waals surface area (Å²) in [6.45, 7) is 2.30. The number of methoxy groups -OCH3 is 1. The van der Waals surface area contributed by atoms with Gasteiger partial charge in [0.05, 0.1) is 11.5 Å². The molecule has 2 N–H and O–H groups in total. The summed E-state index contributed by atoms with van der Waals surface area (Å²) >= 11 is 0. The normalized spacial score (nSPS) is 15.2. The molecule has 0 saturated heterocycles. The smallest absolute Gasteiger partial charge is 0.292 e. The summed E-state index contributed by atoms with van der Waals surface area (Å²) in [5, 5.41) is 16.9. The van der Waals surface area contributed by atoms with Crippen molar-refractivity contribution in [2.24, 2.45) is 0 Å². The lowest BCUT2D eigenvalue weighted by atomic mass is 10.0. The molecular weight excluding hydrogens is 262 g/mol. The van der Waals surface area contributed by atoms with E-state index >= 15 is 0 Å². The van der Waals surface area contributed by atoms with Gasteiger partial charge in [-0.25, -0.2) is 0 Å². The Kier molecular flexibility index (Phi) is 4.19. The van der Waals surface area contributed by atoms with Gasteiger partial charge in [-0.05, 0) is 25.0 Å². The van der Waals surface area contributed by atoms with Gasteiger partial charge in [-0.3, -0.25) is 14.9 Å². The SMILES string of the molecule is COCC(C)Nc1cc2c(cc1[N+](=O)[O-])CCC(=O)N2. The topological polar surface area (TPSA) is 93.5 Å². The van der Waals surface area contributed by atoms with Crippen molar-refractivity contribution in [3.05, 3.63) is 27.8 Å². The standard InChI is InChI=1S/C13H17N3O4/c1-8(7-20-2)14-11-6-10-9(3-4-13(17)15-10)5-12(11)16(18)19/h5-6,8,14H,3-4,7H2,1-2H3,(H,15,17). The Hall–Kier alpha value is -2.15. The van der Waals surface area contributed by atoms with Crippen molar-refractivity contribution in [3.63, 3.8) is 0 Å². The van der Waals surface area contributed by atoms with Crippen LogP contribution in [-0.2, 0) is 16.0 Å². The van der Waals surface area contributed by atoms with Gasteiger partial charge in [0, 0.05) is 31.3 Å². The van der Waals surface area contributed by atoms with Gasteiger partial charge in [0.15, 0.2) is 0 Å². The number of anilines is 2. The second-order valence-electron chi connectivity index (χ2n) is 4.83. The highest BCUT2D eigenvalue weighted by atomic mass is 16.6. The van der Waals surface area contributed by atoms with Crippen LogP contribution in [0.2, 0.25) is 0 Å². The zero-order chi connectivity index (χ0) is 14.7. The van der Waals surface area contributed by atoms with Gasteiger partial charge in [0.25, 0.3) is 5.69 Å². The van der Waals surface area contributed by atoms with Crippen LogP contribution in [0.5, 0.6) is 0 Å². The molecule has 0 fully saturated rings. The first-order valence-corrected chi connectivity index (χ1v) is 6.38. The number of fused-ring (bicyclic) bond motifs is 1. The highest BCUT2D eigenvalue weighted by Gasteiger charge is 2.23. The third-order valence-corrected chi connectivity index (χ3v) is 3.13. The first-order valence-electron chi connectivity index (χ1n) is 6.38. The van der Waals surface area contributed by atoms with Crippen molar-refractivity contribution >= 4 is 23.0 Å². The summed E-state index contributed by atoms with van der Waals surface area (Å²) in [6.07, 6.45) is 0.882. The molecule has 7 nitrogen and oxygen atoms in total. The number of carbonyl (C=O) groups is 1. The van der Waals surface area contributed by atoms with Crippen molar-refractivity contribution in [1.82, 2.24) is 0 Å². The summed E-state index contributed by atoms with van der Waals surface area (Å²) in [5.74, 6) is -0.0674. The second kappa shape index (κ2) is 5.87. The molecule has 1 aliphatic heterocycles. The van der Waals surface area contributed by atoms with E-state index in [0.29, 0.717) is 30.8 Å². The molecule has 108 valence electrons. The summed E-state index contributed by atoms with van der Waals surface area (Å²) in [6, 6.07) is 3.07. The Morgan fingerprint density at radius 3 is 2.90 bits per heavy atom. The van der Waals surface area contributed by atoms with Crippen molar-refractivity contribution in [1.29, 1.82) is 0 Å².